The number of carbonyl (C=O) groups excluding carboxylic acids is 2. The molecule has 0 N–H and O–H groups in total. The molecule has 20 heavy (non-hydrogen) atoms. The number of hydrogen-bond donors (Lipinski definition) is 0. The Bertz CT molecular complexity index is 316. The molecule has 1 unspecified atom stereocenters. The Morgan fingerprint density at radius 2 is 1.90 bits per heavy atom. The van der Waals surface area contributed by atoms with E-state index < -0.39 is 5.60 Å². The van der Waals surface area contributed by atoms with Crippen molar-refractivity contribution >= 4 is 12.4 Å². The van der Waals surface area contributed by atoms with Crippen molar-refractivity contribution in [2.75, 3.05) is 0 Å². The van der Waals surface area contributed by atoms with Crippen LogP contribution in [0.3, 0.4) is 0 Å². The minimum atomic E-state index is -0.524. The minimum Gasteiger partial charge on any atom is -0.444 e. The average Bonchev–Trinajstić information content (AvgIpc) is 2.37. The molecule has 1 fully saturated rings. The van der Waals surface area contributed by atoms with Gasteiger partial charge in [0.25, 0.3) is 0 Å². The molecule has 1 atom stereocenters. The Labute approximate surface area is 122 Å². The van der Waals surface area contributed by atoms with Crippen LogP contribution in [0.4, 0.5) is 4.79 Å². The van der Waals surface area contributed by atoms with Crippen molar-refractivity contribution in [3.8, 4) is 0 Å². The first kappa shape index (κ1) is 17.0. The van der Waals surface area contributed by atoms with E-state index in [0.717, 1.165) is 38.4 Å². The number of carbonyl (C=O) groups is 2. The van der Waals surface area contributed by atoms with E-state index in [4.69, 9.17) is 4.74 Å². The predicted octanol–water partition coefficient (Wildman–Crippen LogP) is 3.92. The number of amides is 1. The molecule has 1 saturated carbocycles. The van der Waals surface area contributed by atoms with Crippen LogP contribution in [0.5, 0.6) is 0 Å². The van der Waals surface area contributed by atoms with Crippen LogP contribution in [0.25, 0.3) is 0 Å². The van der Waals surface area contributed by atoms with E-state index in [0.29, 0.717) is 6.42 Å². The normalized spacial score (nSPS) is 18.4. The summed E-state index contributed by atoms with van der Waals surface area (Å²) in [5.74, 6) is 0. The summed E-state index contributed by atoms with van der Waals surface area (Å²) >= 11 is 0. The molecule has 4 nitrogen and oxygen atoms in total. The van der Waals surface area contributed by atoms with Crippen LogP contribution in [0.1, 0.15) is 72.6 Å². The first-order valence-corrected chi connectivity index (χ1v) is 7.85. The Kier molecular flexibility index (Phi) is 6.50. The van der Waals surface area contributed by atoms with E-state index in [-0.39, 0.29) is 18.2 Å². The fraction of sp³-hybridized carbons (Fsp3) is 0.875. The summed E-state index contributed by atoms with van der Waals surface area (Å²) in [5.41, 5.74) is -0.524. The van der Waals surface area contributed by atoms with Crippen molar-refractivity contribution in [2.24, 2.45) is 0 Å². The quantitative estimate of drug-likeness (QED) is 0.718. The van der Waals surface area contributed by atoms with Gasteiger partial charge in [-0.3, -0.25) is 4.90 Å². The molecule has 1 aliphatic carbocycles. The third kappa shape index (κ3) is 5.14. The van der Waals surface area contributed by atoms with Crippen LogP contribution in [0, 0.1) is 0 Å². The summed E-state index contributed by atoms with van der Waals surface area (Å²) < 4.78 is 5.51. The van der Waals surface area contributed by atoms with Crippen molar-refractivity contribution in [3.63, 3.8) is 0 Å². The zero-order valence-corrected chi connectivity index (χ0v) is 13.4. The first-order chi connectivity index (χ1) is 9.39. The molecular formula is C16H29NO3. The lowest BCUT2D eigenvalue weighted by atomic mass is 9.93. The van der Waals surface area contributed by atoms with Crippen molar-refractivity contribution in [1.29, 1.82) is 0 Å². The highest BCUT2D eigenvalue weighted by Gasteiger charge is 2.34. The summed E-state index contributed by atoms with van der Waals surface area (Å²) in [5, 5.41) is 0. The van der Waals surface area contributed by atoms with E-state index in [1.807, 2.05) is 27.7 Å². The molecule has 1 aliphatic rings. The topological polar surface area (TPSA) is 46.6 Å². The average molecular weight is 283 g/mol. The van der Waals surface area contributed by atoms with Gasteiger partial charge in [-0.05, 0) is 40.0 Å². The number of nitrogens with zero attached hydrogens (tertiary/aromatic N) is 1. The van der Waals surface area contributed by atoms with Gasteiger partial charge in [0.15, 0.2) is 0 Å². The first-order valence-electron chi connectivity index (χ1n) is 7.85. The van der Waals surface area contributed by atoms with Gasteiger partial charge in [0.1, 0.15) is 11.9 Å². The molecule has 0 spiro atoms. The Balaban J connectivity index is 2.86. The third-order valence-corrected chi connectivity index (χ3v) is 3.67. The molecule has 4 heteroatoms. The van der Waals surface area contributed by atoms with Crippen molar-refractivity contribution in [1.82, 2.24) is 4.90 Å². The van der Waals surface area contributed by atoms with Gasteiger partial charge in [0, 0.05) is 6.04 Å². The molecular weight excluding hydrogens is 254 g/mol. The monoisotopic (exact) mass is 283 g/mol. The highest BCUT2D eigenvalue weighted by molar-refractivity contribution is 5.74. The SMILES string of the molecule is CCCC(C=O)N(C(=O)OC(C)(C)C)C1CCCCC1. The lowest BCUT2D eigenvalue weighted by molar-refractivity contribution is -0.114. The van der Waals surface area contributed by atoms with E-state index >= 15 is 0 Å². The molecule has 0 bridgehead atoms. The summed E-state index contributed by atoms with van der Waals surface area (Å²) in [6.45, 7) is 7.61. The summed E-state index contributed by atoms with van der Waals surface area (Å²) in [6.07, 6.45) is 7.59. The van der Waals surface area contributed by atoms with Crippen LogP contribution < -0.4 is 0 Å². The smallest absolute Gasteiger partial charge is 0.411 e. The van der Waals surface area contributed by atoms with Crippen LogP contribution in [0.2, 0.25) is 0 Å². The van der Waals surface area contributed by atoms with E-state index in [2.05, 4.69) is 0 Å². The van der Waals surface area contributed by atoms with Crippen molar-refractivity contribution in [2.45, 2.75) is 90.3 Å². The number of rotatable bonds is 5. The van der Waals surface area contributed by atoms with Gasteiger partial charge in [0.05, 0.1) is 6.04 Å². The van der Waals surface area contributed by atoms with E-state index in [1.165, 1.54) is 6.42 Å². The fourth-order valence-corrected chi connectivity index (χ4v) is 2.80. The Morgan fingerprint density at radius 1 is 1.30 bits per heavy atom. The molecule has 0 aromatic rings. The molecule has 116 valence electrons. The zero-order valence-electron chi connectivity index (χ0n) is 13.4. The molecule has 0 aromatic heterocycles. The van der Waals surface area contributed by atoms with Gasteiger partial charge >= 0.3 is 6.09 Å². The second kappa shape index (κ2) is 7.65. The van der Waals surface area contributed by atoms with Gasteiger partial charge in [0.2, 0.25) is 0 Å². The molecule has 0 radical (unpaired) electrons. The van der Waals surface area contributed by atoms with Gasteiger partial charge in [-0.2, -0.15) is 0 Å². The summed E-state index contributed by atoms with van der Waals surface area (Å²) in [7, 11) is 0. The fourth-order valence-electron chi connectivity index (χ4n) is 2.80. The predicted molar refractivity (Wildman–Crippen MR) is 79.7 cm³/mol. The zero-order chi connectivity index (χ0) is 15.2. The number of ether oxygens (including phenoxy) is 1. The van der Waals surface area contributed by atoms with Gasteiger partial charge in [-0.1, -0.05) is 32.6 Å². The lowest BCUT2D eigenvalue weighted by Crippen LogP contribution is -2.50. The molecule has 0 heterocycles. The van der Waals surface area contributed by atoms with E-state index in [9.17, 15) is 9.59 Å². The maximum atomic E-state index is 12.5. The van der Waals surface area contributed by atoms with Crippen LogP contribution in [-0.2, 0) is 9.53 Å². The number of hydrogen-bond acceptors (Lipinski definition) is 3. The lowest BCUT2D eigenvalue weighted by Gasteiger charge is -2.38. The Morgan fingerprint density at radius 3 is 2.35 bits per heavy atom. The molecule has 0 aliphatic heterocycles. The van der Waals surface area contributed by atoms with Gasteiger partial charge in [-0.15, -0.1) is 0 Å². The molecule has 1 rings (SSSR count). The highest BCUT2D eigenvalue weighted by atomic mass is 16.6. The second-order valence-electron chi connectivity index (χ2n) is 6.67. The molecule has 1 amide bonds. The summed E-state index contributed by atoms with van der Waals surface area (Å²) in [6, 6.07) is -0.196. The van der Waals surface area contributed by atoms with Gasteiger partial charge in [-0.25, -0.2) is 4.79 Å². The largest absolute Gasteiger partial charge is 0.444 e. The van der Waals surface area contributed by atoms with Crippen LogP contribution >= 0.6 is 0 Å². The highest BCUT2D eigenvalue weighted by Crippen LogP contribution is 2.26. The van der Waals surface area contributed by atoms with Crippen LogP contribution in [-0.4, -0.2) is 35.0 Å². The summed E-state index contributed by atoms with van der Waals surface area (Å²) in [4.78, 5) is 25.6. The van der Waals surface area contributed by atoms with Crippen LogP contribution in [0.15, 0.2) is 0 Å². The second-order valence-corrected chi connectivity index (χ2v) is 6.67. The Hall–Kier alpha value is -1.06. The van der Waals surface area contributed by atoms with E-state index in [1.54, 1.807) is 4.90 Å². The molecule has 0 saturated heterocycles. The number of aldehydes is 1. The van der Waals surface area contributed by atoms with Crippen molar-refractivity contribution < 1.29 is 14.3 Å². The standard InChI is InChI=1S/C16H29NO3/c1-5-9-14(12-18)17(13-10-7-6-8-11-13)15(19)20-16(2,3)4/h12-14H,5-11H2,1-4H3. The van der Waals surface area contributed by atoms with Gasteiger partial charge < -0.3 is 9.53 Å². The minimum absolute atomic E-state index is 0.153. The third-order valence-electron chi connectivity index (χ3n) is 3.67. The maximum Gasteiger partial charge on any atom is 0.411 e. The maximum absolute atomic E-state index is 12.5. The molecule has 0 aromatic carbocycles. The van der Waals surface area contributed by atoms with Crippen molar-refractivity contribution in [3.05, 3.63) is 0 Å².